The summed E-state index contributed by atoms with van der Waals surface area (Å²) in [5, 5.41) is 0. The molecule has 1 aromatic rings. The number of hydrogen-bond acceptors (Lipinski definition) is 2. The van der Waals surface area contributed by atoms with Gasteiger partial charge in [0.05, 0.1) is 11.7 Å². The van der Waals surface area contributed by atoms with E-state index in [2.05, 4.69) is 0 Å². The molecule has 1 saturated heterocycles. The average molecular weight is 294 g/mol. The van der Waals surface area contributed by atoms with Crippen LogP contribution in [0.3, 0.4) is 0 Å². The maximum atomic E-state index is 12.9. The quantitative estimate of drug-likeness (QED) is 0.789. The number of hydrogen-bond donors (Lipinski definition) is 0. The number of ether oxygens (including phenoxy) is 1. The van der Waals surface area contributed by atoms with E-state index in [9.17, 15) is 13.2 Å². The van der Waals surface area contributed by atoms with Crippen LogP contribution in [0, 0.1) is 0 Å². The van der Waals surface area contributed by atoms with Gasteiger partial charge in [-0.2, -0.15) is 13.2 Å². The van der Waals surface area contributed by atoms with Crippen molar-refractivity contribution < 1.29 is 17.9 Å². The van der Waals surface area contributed by atoms with Crippen LogP contribution in [0.5, 0.6) is 0 Å². The van der Waals surface area contributed by atoms with Gasteiger partial charge < -0.3 is 9.64 Å². The highest BCUT2D eigenvalue weighted by Gasteiger charge is 2.34. The summed E-state index contributed by atoms with van der Waals surface area (Å²) >= 11 is 5.56. The summed E-state index contributed by atoms with van der Waals surface area (Å²) in [5.41, 5.74) is 0.0296. The van der Waals surface area contributed by atoms with Gasteiger partial charge >= 0.3 is 6.18 Å². The van der Waals surface area contributed by atoms with Gasteiger partial charge in [0, 0.05) is 31.8 Å². The van der Waals surface area contributed by atoms with Crippen LogP contribution in [-0.4, -0.2) is 26.3 Å². The van der Waals surface area contributed by atoms with Crippen molar-refractivity contribution in [2.45, 2.75) is 24.6 Å². The molecule has 0 amide bonds. The summed E-state index contributed by atoms with van der Waals surface area (Å²) in [4.78, 5) is 1.90. The third-order valence-electron chi connectivity index (χ3n) is 3.39. The average Bonchev–Trinajstić information content (AvgIpc) is 2.85. The van der Waals surface area contributed by atoms with Crippen LogP contribution < -0.4 is 4.90 Å². The van der Waals surface area contributed by atoms with Crippen molar-refractivity contribution in [3.63, 3.8) is 0 Å². The number of nitrogens with zero attached hydrogens (tertiary/aromatic N) is 1. The van der Waals surface area contributed by atoms with E-state index in [1.807, 2.05) is 4.90 Å². The molecule has 1 aliphatic rings. The second kappa shape index (κ2) is 5.59. The third kappa shape index (κ3) is 3.15. The van der Waals surface area contributed by atoms with E-state index in [0.29, 0.717) is 18.8 Å². The summed E-state index contributed by atoms with van der Waals surface area (Å²) in [6.45, 7) is 1.32. The Bertz CT molecular complexity index is 450. The lowest BCUT2D eigenvalue weighted by atomic mass is 10.1. The number of alkyl halides is 4. The number of rotatable bonds is 3. The Labute approximate surface area is 115 Å². The minimum atomic E-state index is -4.37. The van der Waals surface area contributed by atoms with Gasteiger partial charge in [-0.05, 0) is 24.1 Å². The molecule has 1 aliphatic heterocycles. The third-order valence-corrected chi connectivity index (χ3v) is 3.67. The highest BCUT2D eigenvalue weighted by molar-refractivity contribution is 6.17. The molecule has 0 bridgehead atoms. The van der Waals surface area contributed by atoms with E-state index in [1.165, 1.54) is 12.1 Å². The largest absolute Gasteiger partial charge is 0.416 e. The van der Waals surface area contributed by atoms with Crippen LogP contribution >= 0.6 is 11.6 Å². The van der Waals surface area contributed by atoms with E-state index >= 15 is 0 Å². The Morgan fingerprint density at radius 1 is 1.42 bits per heavy atom. The zero-order valence-corrected chi connectivity index (χ0v) is 11.3. The molecule has 0 radical (unpaired) electrons. The van der Waals surface area contributed by atoms with Gasteiger partial charge in [-0.1, -0.05) is 6.07 Å². The van der Waals surface area contributed by atoms with Crippen LogP contribution in [0.4, 0.5) is 18.9 Å². The van der Waals surface area contributed by atoms with Gasteiger partial charge in [-0.15, -0.1) is 11.6 Å². The highest BCUT2D eigenvalue weighted by atomic mass is 35.5. The zero-order chi connectivity index (χ0) is 14.0. The van der Waals surface area contributed by atoms with Gasteiger partial charge in [0.25, 0.3) is 0 Å². The Hall–Kier alpha value is -0.940. The molecule has 1 heterocycles. The Morgan fingerprint density at radius 2 is 2.16 bits per heavy atom. The van der Waals surface area contributed by atoms with Crippen molar-refractivity contribution >= 4 is 17.3 Å². The fourth-order valence-corrected chi connectivity index (χ4v) is 2.53. The molecule has 0 aromatic heterocycles. The Balaban J connectivity index is 2.28. The molecule has 1 aromatic carbocycles. The molecule has 2 nitrogen and oxygen atoms in total. The second-order valence-electron chi connectivity index (χ2n) is 4.57. The van der Waals surface area contributed by atoms with Crippen LogP contribution in [0.25, 0.3) is 0 Å². The van der Waals surface area contributed by atoms with Crippen LogP contribution in [0.1, 0.15) is 17.5 Å². The molecular weight excluding hydrogens is 279 g/mol. The Morgan fingerprint density at radius 3 is 2.68 bits per heavy atom. The fraction of sp³-hybridized carbons (Fsp3) is 0.538. The highest BCUT2D eigenvalue weighted by Crippen LogP contribution is 2.36. The van der Waals surface area contributed by atoms with E-state index in [1.54, 1.807) is 13.2 Å². The minimum absolute atomic E-state index is 0.0852. The van der Waals surface area contributed by atoms with Gasteiger partial charge in [0.1, 0.15) is 0 Å². The molecule has 1 fully saturated rings. The van der Waals surface area contributed by atoms with Crippen molar-refractivity contribution in [2.75, 3.05) is 25.1 Å². The van der Waals surface area contributed by atoms with Crippen molar-refractivity contribution in [3.05, 3.63) is 29.3 Å². The topological polar surface area (TPSA) is 12.5 Å². The maximum absolute atomic E-state index is 12.9. The summed E-state index contributed by atoms with van der Waals surface area (Å²) in [6, 6.07) is 4.31. The maximum Gasteiger partial charge on any atom is 0.416 e. The summed E-state index contributed by atoms with van der Waals surface area (Å²) in [6.07, 6.45) is -3.46. The smallest absolute Gasteiger partial charge is 0.380 e. The van der Waals surface area contributed by atoms with Crippen molar-refractivity contribution in [3.8, 4) is 0 Å². The lowest BCUT2D eigenvalue weighted by Crippen LogP contribution is -2.23. The first kappa shape index (κ1) is 14.5. The number of benzene rings is 1. The first-order valence-electron chi connectivity index (χ1n) is 5.99. The minimum Gasteiger partial charge on any atom is -0.380 e. The molecule has 19 heavy (non-hydrogen) atoms. The SMILES string of the molecule is COC1CCN(c2ccc(CCl)c(C(F)(F)F)c2)C1. The molecule has 1 atom stereocenters. The molecule has 0 N–H and O–H groups in total. The van der Waals surface area contributed by atoms with Crippen molar-refractivity contribution in [2.24, 2.45) is 0 Å². The lowest BCUT2D eigenvalue weighted by Gasteiger charge is -2.21. The normalized spacial score (nSPS) is 20.1. The molecule has 2 rings (SSSR count). The van der Waals surface area contributed by atoms with E-state index in [4.69, 9.17) is 16.3 Å². The first-order valence-corrected chi connectivity index (χ1v) is 6.53. The molecule has 0 spiro atoms. The van der Waals surface area contributed by atoms with E-state index < -0.39 is 11.7 Å². The number of anilines is 1. The van der Waals surface area contributed by atoms with Crippen molar-refractivity contribution in [1.29, 1.82) is 0 Å². The molecule has 6 heteroatoms. The Kier molecular flexibility index (Phi) is 4.26. The molecule has 0 saturated carbocycles. The molecular formula is C13H15ClF3NO. The molecule has 1 unspecified atom stereocenters. The van der Waals surface area contributed by atoms with Crippen LogP contribution in [0.2, 0.25) is 0 Å². The molecule has 106 valence electrons. The van der Waals surface area contributed by atoms with Crippen LogP contribution in [0.15, 0.2) is 18.2 Å². The number of methoxy groups -OCH3 is 1. The van der Waals surface area contributed by atoms with Crippen LogP contribution in [-0.2, 0) is 16.8 Å². The van der Waals surface area contributed by atoms with E-state index in [-0.39, 0.29) is 17.5 Å². The summed E-state index contributed by atoms with van der Waals surface area (Å²) in [7, 11) is 1.62. The van der Waals surface area contributed by atoms with Gasteiger partial charge in [-0.25, -0.2) is 0 Å². The summed E-state index contributed by atoms with van der Waals surface area (Å²) < 4.78 is 44.1. The van der Waals surface area contributed by atoms with Gasteiger partial charge in [0.15, 0.2) is 0 Å². The predicted molar refractivity (Wildman–Crippen MR) is 68.6 cm³/mol. The second-order valence-corrected chi connectivity index (χ2v) is 4.83. The standard InChI is InChI=1S/C13H15ClF3NO/c1-19-11-4-5-18(8-11)10-3-2-9(7-14)12(6-10)13(15,16)17/h2-3,6,11H,4-5,7-8H2,1H3. The molecule has 0 aliphatic carbocycles. The lowest BCUT2D eigenvalue weighted by molar-refractivity contribution is -0.138. The monoisotopic (exact) mass is 293 g/mol. The van der Waals surface area contributed by atoms with E-state index in [0.717, 1.165) is 6.42 Å². The predicted octanol–water partition coefficient (Wildman–Crippen LogP) is 3.67. The van der Waals surface area contributed by atoms with Crippen molar-refractivity contribution in [1.82, 2.24) is 0 Å². The first-order chi connectivity index (χ1) is 8.95. The number of halogens is 4. The fourth-order valence-electron chi connectivity index (χ4n) is 2.30. The van der Waals surface area contributed by atoms with Gasteiger partial charge in [0.2, 0.25) is 0 Å². The van der Waals surface area contributed by atoms with Gasteiger partial charge in [-0.3, -0.25) is 0 Å². The zero-order valence-electron chi connectivity index (χ0n) is 10.5. The summed E-state index contributed by atoms with van der Waals surface area (Å²) in [5.74, 6) is -0.143.